The fourth-order valence-corrected chi connectivity index (χ4v) is 1.99. The number of rotatable bonds is 5. The van der Waals surface area contributed by atoms with Crippen molar-refractivity contribution in [3.8, 4) is 0 Å². The molecule has 21 heavy (non-hydrogen) atoms. The first-order valence-corrected chi connectivity index (χ1v) is 6.81. The molecular formula is C16H21N3O2. The highest BCUT2D eigenvalue weighted by molar-refractivity contribution is 5.74. The van der Waals surface area contributed by atoms with Gasteiger partial charge in [-0.05, 0) is 38.0 Å². The molecule has 0 aliphatic rings. The van der Waals surface area contributed by atoms with Crippen LogP contribution in [0.3, 0.4) is 0 Å². The second kappa shape index (κ2) is 6.20. The number of hydrogen-bond donors (Lipinski definition) is 1. The van der Waals surface area contributed by atoms with E-state index in [2.05, 4.69) is 10.1 Å². The van der Waals surface area contributed by atoms with E-state index < -0.39 is 11.7 Å². The average Bonchev–Trinajstić information content (AvgIpc) is 2.99. The van der Waals surface area contributed by atoms with Crippen molar-refractivity contribution >= 4 is 11.8 Å². The molecule has 2 aromatic rings. The van der Waals surface area contributed by atoms with E-state index in [0.29, 0.717) is 5.70 Å². The maximum absolute atomic E-state index is 10.7. The van der Waals surface area contributed by atoms with Gasteiger partial charge in [0.25, 0.3) is 0 Å². The van der Waals surface area contributed by atoms with Crippen molar-refractivity contribution in [1.29, 1.82) is 0 Å². The molecule has 1 atom stereocenters. The minimum atomic E-state index is -0.844. The van der Waals surface area contributed by atoms with Crippen LogP contribution >= 0.6 is 0 Å². The van der Waals surface area contributed by atoms with Crippen LogP contribution in [0.15, 0.2) is 36.9 Å². The van der Waals surface area contributed by atoms with Gasteiger partial charge in [-0.25, -0.2) is 9.67 Å². The van der Waals surface area contributed by atoms with Crippen molar-refractivity contribution in [2.75, 3.05) is 7.11 Å². The van der Waals surface area contributed by atoms with Gasteiger partial charge in [0.2, 0.25) is 0 Å². The van der Waals surface area contributed by atoms with Gasteiger partial charge in [0.05, 0.1) is 11.3 Å². The summed E-state index contributed by atoms with van der Waals surface area (Å²) < 4.78 is 6.96. The number of ether oxygens (including phenoxy) is 1. The molecule has 5 nitrogen and oxygen atoms in total. The van der Waals surface area contributed by atoms with Crippen LogP contribution in [0.2, 0.25) is 0 Å². The Hall–Kier alpha value is -1.98. The van der Waals surface area contributed by atoms with Gasteiger partial charge in [0.1, 0.15) is 18.8 Å². The van der Waals surface area contributed by atoms with Crippen LogP contribution in [0.4, 0.5) is 0 Å². The molecule has 2 rings (SSSR count). The first kappa shape index (κ1) is 15.4. The molecule has 1 aromatic carbocycles. The van der Waals surface area contributed by atoms with Crippen LogP contribution in [-0.4, -0.2) is 38.7 Å². The molecule has 0 fully saturated rings. The number of hydrogen-bond acceptors (Lipinski definition) is 4. The molecule has 5 heteroatoms. The topological polar surface area (TPSA) is 60.2 Å². The van der Waals surface area contributed by atoms with Crippen LogP contribution in [0.5, 0.6) is 0 Å². The zero-order valence-electron chi connectivity index (χ0n) is 12.8. The molecule has 0 radical (unpaired) electrons. The highest BCUT2D eigenvalue weighted by Crippen LogP contribution is 2.25. The molecule has 0 aliphatic heterocycles. The zero-order chi connectivity index (χ0) is 15.5. The zero-order valence-corrected chi connectivity index (χ0v) is 12.8. The third-order valence-corrected chi connectivity index (χ3v) is 3.64. The highest BCUT2D eigenvalue weighted by Gasteiger charge is 2.32. The van der Waals surface area contributed by atoms with Gasteiger partial charge in [-0.1, -0.05) is 24.3 Å². The summed E-state index contributed by atoms with van der Waals surface area (Å²) in [5, 5.41) is 14.8. The molecule has 1 N–H and O–H groups in total. The molecule has 0 spiro atoms. The average molecular weight is 287 g/mol. The van der Waals surface area contributed by atoms with E-state index in [9.17, 15) is 5.11 Å². The van der Waals surface area contributed by atoms with Gasteiger partial charge in [0, 0.05) is 7.11 Å². The lowest BCUT2D eigenvalue weighted by molar-refractivity contribution is -0.0539. The summed E-state index contributed by atoms with van der Waals surface area (Å²) in [4.78, 5) is 3.96. The van der Waals surface area contributed by atoms with Gasteiger partial charge in [-0.2, -0.15) is 5.10 Å². The molecule has 0 saturated heterocycles. The number of aliphatic hydroxyl groups excluding tert-OH is 1. The second-order valence-electron chi connectivity index (χ2n) is 5.48. The lowest BCUT2D eigenvalue weighted by Gasteiger charge is -2.30. The van der Waals surface area contributed by atoms with Crippen molar-refractivity contribution in [2.24, 2.45) is 0 Å². The van der Waals surface area contributed by atoms with E-state index in [1.54, 1.807) is 18.1 Å². The summed E-state index contributed by atoms with van der Waals surface area (Å²) in [6, 6.07) is 7.97. The third kappa shape index (κ3) is 3.37. The number of aryl methyl sites for hydroxylation is 1. The van der Waals surface area contributed by atoms with Crippen LogP contribution in [0.1, 0.15) is 25.0 Å². The molecule has 0 bridgehead atoms. The second-order valence-corrected chi connectivity index (χ2v) is 5.48. The lowest BCUT2D eigenvalue weighted by Crippen LogP contribution is -2.40. The quantitative estimate of drug-likeness (QED) is 0.917. The van der Waals surface area contributed by atoms with Crippen LogP contribution < -0.4 is 0 Å². The van der Waals surface area contributed by atoms with Gasteiger partial charge < -0.3 is 9.84 Å². The fourth-order valence-electron chi connectivity index (χ4n) is 1.99. The summed E-state index contributed by atoms with van der Waals surface area (Å²) in [6.45, 7) is 5.69. The number of benzene rings is 1. The van der Waals surface area contributed by atoms with E-state index in [1.807, 2.05) is 51.1 Å². The normalized spacial score (nSPS) is 14.2. The van der Waals surface area contributed by atoms with Gasteiger partial charge >= 0.3 is 0 Å². The summed E-state index contributed by atoms with van der Waals surface area (Å²) in [5.74, 6) is 0. The number of methoxy groups -OCH3 is 1. The lowest BCUT2D eigenvalue weighted by atomic mass is 9.96. The van der Waals surface area contributed by atoms with Crippen molar-refractivity contribution in [3.63, 3.8) is 0 Å². The Morgan fingerprint density at radius 3 is 2.67 bits per heavy atom. The molecule has 1 unspecified atom stereocenters. The van der Waals surface area contributed by atoms with Crippen molar-refractivity contribution in [1.82, 2.24) is 14.8 Å². The van der Waals surface area contributed by atoms with Gasteiger partial charge in [0.15, 0.2) is 0 Å². The van der Waals surface area contributed by atoms with E-state index in [-0.39, 0.29) is 0 Å². The Labute approximate surface area is 124 Å². The minimum Gasteiger partial charge on any atom is -0.384 e. The first-order valence-electron chi connectivity index (χ1n) is 6.81. The Bertz CT molecular complexity index is 618. The summed E-state index contributed by atoms with van der Waals surface area (Å²) in [6.07, 6.45) is 4.08. The van der Waals surface area contributed by atoms with E-state index >= 15 is 0 Å². The van der Waals surface area contributed by atoms with Crippen LogP contribution in [-0.2, 0) is 4.74 Å². The standard InChI is InChI=1S/C16H21N3O2/c1-12-7-5-6-8-13(12)9-14(19-11-17-10-18-19)15(20)16(2,3)21-4/h5-11,15,20H,1-4H3. The number of nitrogens with zero attached hydrogens (tertiary/aromatic N) is 3. The highest BCUT2D eigenvalue weighted by atomic mass is 16.5. The molecule has 0 amide bonds. The molecule has 112 valence electrons. The van der Waals surface area contributed by atoms with Crippen LogP contribution in [0, 0.1) is 6.92 Å². The first-order chi connectivity index (χ1) is 9.95. The predicted octanol–water partition coefficient (Wildman–Crippen LogP) is 2.37. The molecule has 1 aromatic heterocycles. The molecule has 1 heterocycles. The molecule has 0 saturated carbocycles. The smallest absolute Gasteiger partial charge is 0.138 e. The third-order valence-electron chi connectivity index (χ3n) is 3.64. The SMILES string of the molecule is COC(C)(C)C(O)C(=Cc1ccccc1C)n1cncn1. The van der Waals surface area contributed by atoms with Crippen LogP contribution in [0.25, 0.3) is 11.8 Å². The van der Waals surface area contributed by atoms with E-state index in [4.69, 9.17) is 4.74 Å². The van der Waals surface area contributed by atoms with Gasteiger partial charge in [-0.3, -0.25) is 0 Å². The Morgan fingerprint density at radius 2 is 2.10 bits per heavy atom. The van der Waals surface area contributed by atoms with E-state index in [1.165, 1.54) is 6.33 Å². The predicted molar refractivity (Wildman–Crippen MR) is 82.5 cm³/mol. The van der Waals surface area contributed by atoms with Crippen molar-refractivity contribution in [2.45, 2.75) is 32.5 Å². The van der Waals surface area contributed by atoms with Crippen molar-refractivity contribution in [3.05, 3.63) is 48.0 Å². The fraction of sp³-hybridized carbons (Fsp3) is 0.375. The number of aromatic nitrogens is 3. The van der Waals surface area contributed by atoms with Gasteiger partial charge in [-0.15, -0.1) is 0 Å². The Kier molecular flexibility index (Phi) is 4.55. The Morgan fingerprint density at radius 1 is 1.38 bits per heavy atom. The maximum Gasteiger partial charge on any atom is 0.138 e. The van der Waals surface area contributed by atoms with Crippen molar-refractivity contribution < 1.29 is 9.84 Å². The van der Waals surface area contributed by atoms with E-state index in [0.717, 1.165) is 11.1 Å². The molecular weight excluding hydrogens is 266 g/mol. The summed E-state index contributed by atoms with van der Waals surface area (Å²) in [5.41, 5.74) is 2.03. The number of aliphatic hydroxyl groups is 1. The summed E-state index contributed by atoms with van der Waals surface area (Å²) in [7, 11) is 1.58. The largest absolute Gasteiger partial charge is 0.384 e. The minimum absolute atomic E-state index is 0.619. The summed E-state index contributed by atoms with van der Waals surface area (Å²) >= 11 is 0. The maximum atomic E-state index is 10.7. The monoisotopic (exact) mass is 287 g/mol. The Balaban J connectivity index is 2.50. The molecule has 0 aliphatic carbocycles.